The third-order valence-corrected chi connectivity index (χ3v) is 2.60. The van der Waals surface area contributed by atoms with Crippen LogP contribution in [0.2, 0.25) is 0 Å². The van der Waals surface area contributed by atoms with Gasteiger partial charge in [0.15, 0.2) is 17.3 Å². The zero-order valence-corrected chi connectivity index (χ0v) is 10.6. The molecule has 0 radical (unpaired) electrons. The van der Waals surface area contributed by atoms with E-state index in [0.717, 1.165) is 0 Å². The Kier molecular flexibility index (Phi) is 2.82. The molecular weight excluding hydrogens is 246 g/mol. The molecule has 3 aromatic rings. The third kappa shape index (κ3) is 2.24. The van der Waals surface area contributed by atoms with Crippen molar-refractivity contribution < 1.29 is 4.52 Å². The molecule has 8 heteroatoms. The van der Waals surface area contributed by atoms with Gasteiger partial charge < -0.3 is 9.84 Å². The Morgan fingerprint density at radius 3 is 3.05 bits per heavy atom. The van der Waals surface area contributed by atoms with Crippen molar-refractivity contribution in [1.82, 2.24) is 30.0 Å². The van der Waals surface area contributed by atoms with Crippen molar-refractivity contribution in [3.8, 4) is 0 Å². The van der Waals surface area contributed by atoms with E-state index in [1.54, 1.807) is 10.7 Å². The van der Waals surface area contributed by atoms with Gasteiger partial charge in [-0.15, -0.1) is 10.2 Å². The van der Waals surface area contributed by atoms with E-state index in [-0.39, 0.29) is 5.92 Å². The van der Waals surface area contributed by atoms with Crippen LogP contribution in [0, 0.1) is 0 Å². The van der Waals surface area contributed by atoms with Crippen molar-refractivity contribution in [3.05, 3.63) is 30.0 Å². The quantitative estimate of drug-likeness (QED) is 0.753. The van der Waals surface area contributed by atoms with Gasteiger partial charge in [-0.1, -0.05) is 19.0 Å². The Morgan fingerprint density at radius 2 is 2.26 bits per heavy atom. The van der Waals surface area contributed by atoms with Gasteiger partial charge in [-0.2, -0.15) is 14.6 Å². The highest BCUT2D eigenvalue weighted by Crippen LogP contribution is 2.13. The standard InChI is InChI=1S/C11H13N7O/c1-7(2)10-14-11(19-17-10)12-6-9-16-15-8-4-3-5-13-18(8)9/h3-5,7H,6H2,1-2H3,(H,12,14,17). The predicted octanol–water partition coefficient (Wildman–Crippen LogP) is 1.24. The molecule has 0 aromatic carbocycles. The van der Waals surface area contributed by atoms with Crippen LogP contribution in [0.15, 0.2) is 22.9 Å². The van der Waals surface area contributed by atoms with Gasteiger partial charge in [0.25, 0.3) is 0 Å². The van der Waals surface area contributed by atoms with Crippen LogP contribution in [0.1, 0.15) is 31.4 Å². The molecule has 8 nitrogen and oxygen atoms in total. The molecule has 0 unspecified atom stereocenters. The molecule has 0 aliphatic carbocycles. The van der Waals surface area contributed by atoms with Gasteiger partial charge in [-0.3, -0.25) is 0 Å². The van der Waals surface area contributed by atoms with Crippen molar-refractivity contribution >= 4 is 11.7 Å². The van der Waals surface area contributed by atoms with Gasteiger partial charge in [0, 0.05) is 12.1 Å². The van der Waals surface area contributed by atoms with Crippen LogP contribution in [0.4, 0.5) is 6.01 Å². The molecule has 0 atom stereocenters. The smallest absolute Gasteiger partial charge is 0.321 e. The lowest BCUT2D eigenvalue weighted by Gasteiger charge is -1.98. The summed E-state index contributed by atoms with van der Waals surface area (Å²) in [5.74, 6) is 1.58. The predicted molar refractivity (Wildman–Crippen MR) is 66.5 cm³/mol. The molecule has 3 aromatic heterocycles. The molecule has 0 bridgehead atoms. The van der Waals surface area contributed by atoms with E-state index in [9.17, 15) is 0 Å². The van der Waals surface area contributed by atoms with Gasteiger partial charge in [0.1, 0.15) is 0 Å². The molecule has 0 saturated carbocycles. The number of hydrogen-bond acceptors (Lipinski definition) is 7. The van der Waals surface area contributed by atoms with Crippen molar-refractivity contribution in [2.24, 2.45) is 0 Å². The minimum Gasteiger partial charge on any atom is -0.330 e. The highest BCUT2D eigenvalue weighted by atomic mass is 16.5. The summed E-state index contributed by atoms with van der Waals surface area (Å²) in [4.78, 5) is 4.22. The molecular formula is C11H13N7O. The Hall–Kier alpha value is -2.51. The largest absolute Gasteiger partial charge is 0.330 e. The van der Waals surface area contributed by atoms with Gasteiger partial charge in [0.2, 0.25) is 0 Å². The Labute approximate surface area is 108 Å². The molecule has 0 aliphatic heterocycles. The van der Waals surface area contributed by atoms with Crippen LogP contribution in [-0.4, -0.2) is 30.0 Å². The number of nitrogens with one attached hydrogen (secondary N) is 1. The minimum absolute atomic E-state index is 0.231. The van der Waals surface area contributed by atoms with E-state index < -0.39 is 0 Å². The average molecular weight is 259 g/mol. The monoisotopic (exact) mass is 259 g/mol. The summed E-state index contributed by atoms with van der Waals surface area (Å²) >= 11 is 0. The number of hydrogen-bond donors (Lipinski definition) is 1. The van der Waals surface area contributed by atoms with E-state index >= 15 is 0 Å². The lowest BCUT2D eigenvalue weighted by atomic mass is 10.2. The second-order valence-corrected chi connectivity index (χ2v) is 4.38. The molecule has 0 spiro atoms. The average Bonchev–Trinajstić information content (AvgIpc) is 3.03. The first kappa shape index (κ1) is 11.6. The van der Waals surface area contributed by atoms with Crippen molar-refractivity contribution in [1.29, 1.82) is 0 Å². The van der Waals surface area contributed by atoms with Gasteiger partial charge in [-0.05, 0) is 12.1 Å². The van der Waals surface area contributed by atoms with E-state index in [2.05, 4.69) is 30.8 Å². The number of fused-ring (bicyclic) bond motifs is 1. The molecule has 0 amide bonds. The number of anilines is 1. The van der Waals surface area contributed by atoms with E-state index in [1.165, 1.54) is 0 Å². The normalized spacial score (nSPS) is 11.3. The minimum atomic E-state index is 0.231. The highest BCUT2D eigenvalue weighted by Gasteiger charge is 2.11. The fourth-order valence-electron chi connectivity index (χ4n) is 1.60. The second-order valence-electron chi connectivity index (χ2n) is 4.38. The Bertz CT molecular complexity index is 687. The van der Waals surface area contributed by atoms with Crippen LogP contribution in [-0.2, 0) is 6.54 Å². The van der Waals surface area contributed by atoms with Gasteiger partial charge in [-0.25, -0.2) is 0 Å². The van der Waals surface area contributed by atoms with Crippen molar-refractivity contribution in [2.45, 2.75) is 26.3 Å². The highest BCUT2D eigenvalue weighted by molar-refractivity contribution is 5.35. The lowest BCUT2D eigenvalue weighted by Crippen LogP contribution is -2.06. The molecule has 3 heterocycles. The number of aromatic nitrogens is 6. The summed E-state index contributed by atoms with van der Waals surface area (Å²) in [6.45, 7) is 4.42. The number of nitrogens with zero attached hydrogens (tertiary/aromatic N) is 6. The maximum atomic E-state index is 5.09. The Balaban J connectivity index is 1.75. The maximum absolute atomic E-state index is 5.09. The number of rotatable bonds is 4. The third-order valence-electron chi connectivity index (χ3n) is 2.60. The molecule has 0 saturated heterocycles. The lowest BCUT2D eigenvalue weighted by molar-refractivity contribution is 0.418. The van der Waals surface area contributed by atoms with E-state index in [0.29, 0.717) is 29.9 Å². The van der Waals surface area contributed by atoms with Crippen molar-refractivity contribution in [3.63, 3.8) is 0 Å². The molecule has 3 rings (SSSR count). The molecule has 19 heavy (non-hydrogen) atoms. The van der Waals surface area contributed by atoms with E-state index in [4.69, 9.17) is 4.52 Å². The molecule has 98 valence electrons. The molecule has 0 aliphatic rings. The van der Waals surface area contributed by atoms with Crippen LogP contribution in [0.25, 0.3) is 5.65 Å². The summed E-state index contributed by atoms with van der Waals surface area (Å²) in [7, 11) is 0. The molecule has 1 N–H and O–H groups in total. The van der Waals surface area contributed by atoms with Crippen LogP contribution in [0.5, 0.6) is 0 Å². The van der Waals surface area contributed by atoms with E-state index in [1.807, 2.05) is 26.0 Å². The van der Waals surface area contributed by atoms with Gasteiger partial charge in [0.05, 0.1) is 6.54 Å². The summed E-state index contributed by atoms with van der Waals surface area (Å²) in [6, 6.07) is 4.03. The van der Waals surface area contributed by atoms with Crippen molar-refractivity contribution in [2.75, 3.05) is 5.32 Å². The first-order chi connectivity index (χ1) is 9.24. The van der Waals surface area contributed by atoms with Crippen LogP contribution >= 0.6 is 0 Å². The first-order valence-corrected chi connectivity index (χ1v) is 5.97. The second kappa shape index (κ2) is 4.63. The maximum Gasteiger partial charge on any atom is 0.321 e. The zero-order chi connectivity index (χ0) is 13.2. The summed E-state index contributed by atoms with van der Waals surface area (Å²) in [5, 5.41) is 19.1. The fourth-order valence-corrected chi connectivity index (χ4v) is 1.60. The Morgan fingerprint density at radius 1 is 1.37 bits per heavy atom. The SMILES string of the molecule is CC(C)c1noc(NCc2nnc3cccnn23)n1. The van der Waals surface area contributed by atoms with Crippen LogP contribution in [0.3, 0.4) is 0 Å². The summed E-state index contributed by atoms with van der Waals surface area (Å²) in [5.41, 5.74) is 0.702. The fraction of sp³-hybridized carbons (Fsp3) is 0.364. The van der Waals surface area contributed by atoms with Gasteiger partial charge >= 0.3 is 6.01 Å². The summed E-state index contributed by atoms with van der Waals surface area (Å²) in [6.07, 6.45) is 1.68. The summed E-state index contributed by atoms with van der Waals surface area (Å²) < 4.78 is 6.75. The topological polar surface area (TPSA) is 94.0 Å². The zero-order valence-electron chi connectivity index (χ0n) is 10.6. The van der Waals surface area contributed by atoms with Crippen LogP contribution < -0.4 is 5.32 Å². The molecule has 0 fully saturated rings. The first-order valence-electron chi connectivity index (χ1n) is 5.97.